The first-order valence-electron chi connectivity index (χ1n) is 6.38. The summed E-state index contributed by atoms with van der Waals surface area (Å²) < 4.78 is 2.13. The zero-order chi connectivity index (χ0) is 12.2. The van der Waals surface area contributed by atoms with E-state index in [1.54, 1.807) is 0 Å². The molecule has 0 rings (SSSR count). The molecule has 0 aromatic rings. The van der Waals surface area contributed by atoms with E-state index in [2.05, 4.69) is 45.2 Å². The molecule has 0 amide bonds. The lowest BCUT2D eigenvalue weighted by molar-refractivity contribution is 0.546. The van der Waals surface area contributed by atoms with Gasteiger partial charge in [0.05, 0.1) is 6.17 Å². The van der Waals surface area contributed by atoms with Crippen LogP contribution >= 0.6 is 45.2 Å². The highest BCUT2D eigenvalue weighted by molar-refractivity contribution is 14.1. The summed E-state index contributed by atoms with van der Waals surface area (Å²) in [6, 6.07) is 0. The second-order valence-corrected chi connectivity index (χ2v) is 7.28. The summed E-state index contributed by atoms with van der Waals surface area (Å²) in [5.41, 5.74) is 11.0. The van der Waals surface area contributed by atoms with Gasteiger partial charge >= 0.3 is 0 Å². The number of hydrogen-bond donors (Lipinski definition) is 2. The van der Waals surface area contributed by atoms with Crippen LogP contribution in [-0.4, -0.2) is 14.5 Å². The zero-order valence-electron chi connectivity index (χ0n) is 10.1. The average Bonchev–Trinajstić information content (AvgIpc) is 2.22. The number of halogens is 2. The molecule has 16 heavy (non-hydrogen) atoms. The highest BCUT2D eigenvalue weighted by Crippen LogP contribution is 2.18. The van der Waals surface area contributed by atoms with Crippen molar-refractivity contribution in [1.29, 1.82) is 0 Å². The SMILES string of the molecule is NC(N)CCCC(I)CCCCCCCI. The van der Waals surface area contributed by atoms with Gasteiger partial charge in [0.1, 0.15) is 0 Å². The maximum absolute atomic E-state index is 5.52. The van der Waals surface area contributed by atoms with Gasteiger partial charge in [0.25, 0.3) is 0 Å². The normalized spacial score (nSPS) is 13.3. The Morgan fingerprint density at radius 2 is 1.31 bits per heavy atom. The van der Waals surface area contributed by atoms with E-state index in [0.717, 1.165) is 10.3 Å². The molecular weight excluding hydrogens is 426 g/mol. The largest absolute Gasteiger partial charge is 0.316 e. The van der Waals surface area contributed by atoms with Gasteiger partial charge in [-0.25, -0.2) is 0 Å². The monoisotopic (exact) mass is 452 g/mol. The third-order valence-electron chi connectivity index (χ3n) is 2.71. The highest BCUT2D eigenvalue weighted by Gasteiger charge is 2.04. The molecule has 4 N–H and O–H groups in total. The molecule has 4 heteroatoms. The first kappa shape index (κ1) is 17.4. The predicted octanol–water partition coefficient (Wildman–Crippen LogP) is 3.98. The van der Waals surface area contributed by atoms with Crippen molar-refractivity contribution in [2.24, 2.45) is 11.5 Å². The van der Waals surface area contributed by atoms with Crippen LogP contribution in [0.3, 0.4) is 0 Å². The van der Waals surface area contributed by atoms with Crippen molar-refractivity contribution in [2.75, 3.05) is 4.43 Å². The minimum Gasteiger partial charge on any atom is -0.316 e. The second kappa shape index (κ2) is 12.8. The van der Waals surface area contributed by atoms with Crippen LogP contribution in [0.4, 0.5) is 0 Å². The van der Waals surface area contributed by atoms with Gasteiger partial charge < -0.3 is 11.5 Å². The molecule has 0 spiro atoms. The molecule has 0 radical (unpaired) electrons. The van der Waals surface area contributed by atoms with E-state index in [1.165, 1.54) is 55.8 Å². The summed E-state index contributed by atoms with van der Waals surface area (Å²) in [7, 11) is 0. The Bertz CT molecular complexity index is 143. The molecule has 0 saturated carbocycles. The molecule has 0 aliphatic heterocycles. The van der Waals surface area contributed by atoms with Crippen LogP contribution in [0.25, 0.3) is 0 Å². The summed E-state index contributed by atoms with van der Waals surface area (Å²) in [6.07, 6.45) is 11.7. The minimum absolute atomic E-state index is 0.114. The third kappa shape index (κ3) is 13.4. The quantitative estimate of drug-likeness (QED) is 0.216. The first-order chi connectivity index (χ1) is 7.66. The Labute approximate surface area is 128 Å². The fraction of sp³-hybridized carbons (Fsp3) is 1.00. The Morgan fingerprint density at radius 1 is 0.750 bits per heavy atom. The fourth-order valence-corrected chi connectivity index (χ4v) is 3.13. The number of nitrogens with two attached hydrogens (primary N) is 2. The topological polar surface area (TPSA) is 52.0 Å². The molecule has 1 atom stereocenters. The Hall–Kier alpha value is 1.38. The Morgan fingerprint density at radius 3 is 1.94 bits per heavy atom. The standard InChI is InChI=1S/C12H26I2N2/c13-10-5-3-1-2-4-7-11(14)8-6-9-12(15)16/h11-12H,1-10,15-16H2. The first-order valence-corrected chi connectivity index (χ1v) is 9.15. The molecule has 98 valence electrons. The van der Waals surface area contributed by atoms with Crippen LogP contribution in [0.5, 0.6) is 0 Å². The molecule has 0 aliphatic carbocycles. The van der Waals surface area contributed by atoms with Gasteiger partial charge in [0.2, 0.25) is 0 Å². The highest BCUT2D eigenvalue weighted by atomic mass is 127. The van der Waals surface area contributed by atoms with Gasteiger partial charge in [-0.3, -0.25) is 0 Å². The van der Waals surface area contributed by atoms with Crippen molar-refractivity contribution in [3.8, 4) is 0 Å². The van der Waals surface area contributed by atoms with Crippen molar-refractivity contribution in [1.82, 2.24) is 0 Å². The van der Waals surface area contributed by atoms with Gasteiger partial charge in [0.15, 0.2) is 0 Å². The van der Waals surface area contributed by atoms with E-state index in [1.807, 2.05) is 0 Å². The lowest BCUT2D eigenvalue weighted by Crippen LogP contribution is -2.30. The van der Waals surface area contributed by atoms with Crippen LogP contribution in [0.2, 0.25) is 0 Å². The number of hydrogen-bond acceptors (Lipinski definition) is 2. The predicted molar refractivity (Wildman–Crippen MR) is 90.4 cm³/mol. The molecule has 0 fully saturated rings. The minimum atomic E-state index is -0.114. The molecule has 0 heterocycles. The molecule has 0 aromatic carbocycles. The summed E-state index contributed by atoms with van der Waals surface area (Å²) in [5, 5.41) is 0. The molecule has 0 bridgehead atoms. The summed E-state index contributed by atoms with van der Waals surface area (Å²) >= 11 is 5.03. The molecular formula is C12H26I2N2. The molecule has 0 saturated heterocycles. The van der Waals surface area contributed by atoms with Crippen molar-refractivity contribution in [2.45, 2.75) is 67.9 Å². The van der Waals surface area contributed by atoms with Crippen LogP contribution in [0.15, 0.2) is 0 Å². The van der Waals surface area contributed by atoms with Crippen molar-refractivity contribution in [3.63, 3.8) is 0 Å². The van der Waals surface area contributed by atoms with E-state index in [4.69, 9.17) is 11.5 Å². The van der Waals surface area contributed by atoms with E-state index < -0.39 is 0 Å². The van der Waals surface area contributed by atoms with Crippen LogP contribution < -0.4 is 11.5 Å². The molecule has 1 unspecified atom stereocenters. The number of unbranched alkanes of at least 4 members (excludes halogenated alkanes) is 4. The van der Waals surface area contributed by atoms with E-state index in [9.17, 15) is 0 Å². The van der Waals surface area contributed by atoms with E-state index in [0.29, 0.717) is 0 Å². The summed E-state index contributed by atoms with van der Waals surface area (Å²) in [5.74, 6) is 0. The van der Waals surface area contributed by atoms with E-state index in [-0.39, 0.29) is 6.17 Å². The van der Waals surface area contributed by atoms with Gasteiger partial charge in [-0.1, -0.05) is 70.9 Å². The lowest BCUT2D eigenvalue weighted by atomic mass is 10.1. The number of rotatable bonds is 11. The van der Waals surface area contributed by atoms with Gasteiger partial charge in [-0.05, 0) is 36.5 Å². The third-order valence-corrected chi connectivity index (χ3v) is 4.71. The van der Waals surface area contributed by atoms with Gasteiger partial charge in [-0.2, -0.15) is 0 Å². The van der Waals surface area contributed by atoms with Gasteiger partial charge in [0, 0.05) is 3.92 Å². The fourth-order valence-electron chi connectivity index (χ4n) is 1.71. The second-order valence-electron chi connectivity index (χ2n) is 4.44. The van der Waals surface area contributed by atoms with Crippen LogP contribution in [0.1, 0.15) is 57.8 Å². The summed E-state index contributed by atoms with van der Waals surface area (Å²) in [6.45, 7) is 0. The average molecular weight is 452 g/mol. The Balaban J connectivity index is 3.14. The Kier molecular flexibility index (Phi) is 13.9. The maximum Gasteiger partial charge on any atom is 0.0520 e. The lowest BCUT2D eigenvalue weighted by Gasteiger charge is -2.10. The van der Waals surface area contributed by atoms with E-state index >= 15 is 0 Å². The van der Waals surface area contributed by atoms with Crippen molar-refractivity contribution >= 4 is 45.2 Å². The maximum atomic E-state index is 5.52. The summed E-state index contributed by atoms with van der Waals surface area (Å²) in [4.78, 5) is 0. The van der Waals surface area contributed by atoms with Gasteiger partial charge in [-0.15, -0.1) is 0 Å². The number of alkyl halides is 2. The van der Waals surface area contributed by atoms with Crippen LogP contribution in [0, 0.1) is 0 Å². The van der Waals surface area contributed by atoms with Crippen molar-refractivity contribution in [3.05, 3.63) is 0 Å². The smallest absolute Gasteiger partial charge is 0.0520 e. The molecule has 0 aromatic heterocycles. The van der Waals surface area contributed by atoms with Crippen LogP contribution in [-0.2, 0) is 0 Å². The zero-order valence-corrected chi connectivity index (χ0v) is 14.5. The molecule has 2 nitrogen and oxygen atoms in total. The van der Waals surface area contributed by atoms with Crippen molar-refractivity contribution < 1.29 is 0 Å². The molecule has 0 aliphatic rings.